The fourth-order valence-corrected chi connectivity index (χ4v) is 2.66. The van der Waals surface area contributed by atoms with Gasteiger partial charge in [-0.05, 0) is 39.0 Å². The topological polar surface area (TPSA) is 32.5 Å². The van der Waals surface area contributed by atoms with Crippen LogP contribution >= 0.6 is 12.2 Å². The molecular weight excluding hydrogens is 273 g/mol. The predicted octanol–water partition coefficient (Wildman–Crippen LogP) is 2.38. The first-order chi connectivity index (χ1) is 9.29. The second-order valence-corrected chi connectivity index (χ2v) is 6.62. The van der Waals surface area contributed by atoms with E-state index in [0.29, 0.717) is 11.3 Å². The van der Waals surface area contributed by atoms with Crippen LogP contribution in [0.15, 0.2) is 18.2 Å². The van der Waals surface area contributed by atoms with Gasteiger partial charge in [0.1, 0.15) is 10.8 Å². The van der Waals surface area contributed by atoms with Gasteiger partial charge in [-0.3, -0.25) is 4.90 Å². The Kier molecular flexibility index (Phi) is 4.30. The van der Waals surface area contributed by atoms with Gasteiger partial charge in [-0.25, -0.2) is 4.39 Å². The van der Waals surface area contributed by atoms with Gasteiger partial charge < -0.3 is 10.6 Å². The highest BCUT2D eigenvalue weighted by Gasteiger charge is 2.26. The lowest BCUT2D eigenvalue weighted by Gasteiger charge is -2.43. The van der Waals surface area contributed by atoms with Crippen molar-refractivity contribution in [2.75, 3.05) is 31.1 Å². The van der Waals surface area contributed by atoms with E-state index in [1.807, 2.05) is 0 Å². The summed E-state index contributed by atoms with van der Waals surface area (Å²) < 4.78 is 14.2. The minimum atomic E-state index is -0.250. The van der Waals surface area contributed by atoms with E-state index in [9.17, 15) is 4.39 Å². The van der Waals surface area contributed by atoms with Crippen LogP contribution in [0.4, 0.5) is 10.1 Å². The van der Waals surface area contributed by atoms with E-state index in [2.05, 4.69) is 30.6 Å². The van der Waals surface area contributed by atoms with E-state index in [4.69, 9.17) is 18.0 Å². The minimum absolute atomic E-state index is 0.167. The maximum atomic E-state index is 14.2. The van der Waals surface area contributed by atoms with Gasteiger partial charge >= 0.3 is 0 Å². The first-order valence-electron chi connectivity index (χ1n) is 6.88. The Morgan fingerprint density at radius 1 is 1.20 bits per heavy atom. The Balaban J connectivity index is 2.09. The quantitative estimate of drug-likeness (QED) is 0.849. The Hall–Kier alpha value is -1.20. The molecule has 3 nitrogen and oxygen atoms in total. The van der Waals surface area contributed by atoms with Crippen molar-refractivity contribution in [3.63, 3.8) is 0 Å². The molecule has 0 aliphatic carbocycles. The van der Waals surface area contributed by atoms with Crippen molar-refractivity contribution < 1.29 is 4.39 Å². The average molecular weight is 295 g/mol. The summed E-state index contributed by atoms with van der Waals surface area (Å²) in [4.78, 5) is 4.74. The van der Waals surface area contributed by atoms with Crippen molar-refractivity contribution in [2.45, 2.75) is 26.3 Å². The lowest BCUT2D eigenvalue weighted by atomic mass is 10.0. The molecule has 0 atom stereocenters. The standard InChI is InChI=1S/C15H22FN3S/c1-15(2,3)19-8-6-18(7-9-19)13-5-4-11(14(17)20)10-12(13)16/h4-5,10H,6-9H2,1-3H3,(H2,17,20). The summed E-state index contributed by atoms with van der Waals surface area (Å²) in [5.41, 5.74) is 6.90. The van der Waals surface area contributed by atoms with Gasteiger partial charge in [-0.15, -0.1) is 0 Å². The van der Waals surface area contributed by atoms with Gasteiger partial charge in [0.05, 0.1) is 5.69 Å². The lowest BCUT2D eigenvalue weighted by molar-refractivity contribution is 0.128. The highest BCUT2D eigenvalue weighted by molar-refractivity contribution is 7.80. The third-order valence-electron chi connectivity index (χ3n) is 3.80. The summed E-state index contributed by atoms with van der Waals surface area (Å²) in [6, 6.07) is 4.99. The average Bonchev–Trinajstić information content (AvgIpc) is 2.37. The maximum Gasteiger partial charge on any atom is 0.147 e. The van der Waals surface area contributed by atoms with E-state index < -0.39 is 0 Å². The molecule has 20 heavy (non-hydrogen) atoms. The number of thiocarbonyl (C=S) groups is 1. The van der Waals surface area contributed by atoms with Gasteiger partial charge in [-0.1, -0.05) is 12.2 Å². The molecule has 1 saturated heterocycles. The van der Waals surface area contributed by atoms with Gasteiger partial charge in [0.25, 0.3) is 0 Å². The molecule has 110 valence electrons. The van der Waals surface area contributed by atoms with E-state index in [-0.39, 0.29) is 16.3 Å². The molecule has 1 aliphatic rings. The van der Waals surface area contributed by atoms with Crippen LogP contribution < -0.4 is 10.6 Å². The summed E-state index contributed by atoms with van der Waals surface area (Å²) in [6.07, 6.45) is 0. The van der Waals surface area contributed by atoms with Crippen LogP contribution in [-0.4, -0.2) is 41.6 Å². The van der Waals surface area contributed by atoms with E-state index in [1.54, 1.807) is 12.1 Å². The number of benzene rings is 1. The number of piperazine rings is 1. The highest BCUT2D eigenvalue weighted by atomic mass is 32.1. The van der Waals surface area contributed by atoms with E-state index in [1.165, 1.54) is 6.07 Å². The minimum Gasteiger partial charge on any atom is -0.389 e. The van der Waals surface area contributed by atoms with E-state index in [0.717, 1.165) is 26.2 Å². The Morgan fingerprint density at radius 2 is 1.80 bits per heavy atom. The molecule has 0 unspecified atom stereocenters. The smallest absolute Gasteiger partial charge is 0.147 e. The number of anilines is 1. The normalized spacial score (nSPS) is 17.3. The van der Waals surface area contributed by atoms with Crippen LogP contribution in [0, 0.1) is 5.82 Å². The Morgan fingerprint density at radius 3 is 2.25 bits per heavy atom. The van der Waals surface area contributed by atoms with Gasteiger partial charge in [0, 0.05) is 37.3 Å². The van der Waals surface area contributed by atoms with Crippen LogP contribution in [0.25, 0.3) is 0 Å². The van der Waals surface area contributed by atoms with Crippen LogP contribution in [0.1, 0.15) is 26.3 Å². The van der Waals surface area contributed by atoms with Crippen LogP contribution in [-0.2, 0) is 0 Å². The summed E-state index contributed by atoms with van der Waals surface area (Å²) in [5, 5.41) is 0. The molecular formula is C15H22FN3S. The molecule has 0 spiro atoms. The summed E-state index contributed by atoms with van der Waals surface area (Å²) >= 11 is 4.87. The van der Waals surface area contributed by atoms with Gasteiger partial charge in [0.2, 0.25) is 0 Å². The van der Waals surface area contributed by atoms with Crippen LogP contribution in [0.5, 0.6) is 0 Å². The molecule has 0 saturated carbocycles. The Bertz CT molecular complexity index is 502. The van der Waals surface area contributed by atoms with Crippen molar-refractivity contribution in [2.24, 2.45) is 5.73 Å². The van der Waals surface area contributed by atoms with Crippen molar-refractivity contribution in [1.29, 1.82) is 0 Å². The molecule has 1 aromatic carbocycles. The number of hydrogen-bond acceptors (Lipinski definition) is 3. The number of nitrogens with two attached hydrogens (primary N) is 1. The molecule has 0 aromatic heterocycles. The molecule has 0 amide bonds. The largest absolute Gasteiger partial charge is 0.389 e. The van der Waals surface area contributed by atoms with Crippen molar-refractivity contribution in [3.8, 4) is 0 Å². The lowest BCUT2D eigenvalue weighted by Crippen LogP contribution is -2.53. The molecule has 5 heteroatoms. The predicted molar refractivity (Wildman–Crippen MR) is 85.8 cm³/mol. The first-order valence-corrected chi connectivity index (χ1v) is 7.29. The Labute approximate surface area is 125 Å². The number of hydrogen-bond donors (Lipinski definition) is 1. The van der Waals surface area contributed by atoms with E-state index >= 15 is 0 Å². The molecule has 2 N–H and O–H groups in total. The fourth-order valence-electron chi connectivity index (χ4n) is 2.53. The first kappa shape index (κ1) is 15.2. The third kappa shape index (κ3) is 3.27. The highest BCUT2D eigenvalue weighted by Crippen LogP contribution is 2.24. The second-order valence-electron chi connectivity index (χ2n) is 6.18. The summed E-state index contributed by atoms with van der Waals surface area (Å²) in [6.45, 7) is 10.2. The fraction of sp³-hybridized carbons (Fsp3) is 0.533. The number of halogens is 1. The second kappa shape index (κ2) is 5.66. The molecule has 0 bridgehead atoms. The van der Waals surface area contributed by atoms with Crippen molar-refractivity contribution in [3.05, 3.63) is 29.6 Å². The number of rotatable bonds is 2. The van der Waals surface area contributed by atoms with Crippen molar-refractivity contribution in [1.82, 2.24) is 4.90 Å². The molecule has 1 heterocycles. The number of nitrogens with zero attached hydrogens (tertiary/aromatic N) is 2. The SMILES string of the molecule is CC(C)(C)N1CCN(c2ccc(C(N)=S)cc2F)CC1. The monoisotopic (exact) mass is 295 g/mol. The molecule has 2 rings (SSSR count). The van der Waals surface area contributed by atoms with Gasteiger partial charge in [-0.2, -0.15) is 0 Å². The third-order valence-corrected chi connectivity index (χ3v) is 4.04. The zero-order valence-corrected chi connectivity index (χ0v) is 13.1. The zero-order chi connectivity index (χ0) is 14.9. The van der Waals surface area contributed by atoms with Crippen LogP contribution in [0.3, 0.4) is 0 Å². The van der Waals surface area contributed by atoms with Gasteiger partial charge in [0.15, 0.2) is 0 Å². The molecule has 1 aromatic rings. The van der Waals surface area contributed by atoms with Crippen molar-refractivity contribution >= 4 is 22.9 Å². The maximum absolute atomic E-state index is 14.2. The molecule has 0 radical (unpaired) electrons. The zero-order valence-electron chi connectivity index (χ0n) is 12.3. The summed E-state index contributed by atoms with van der Waals surface area (Å²) in [7, 11) is 0. The summed E-state index contributed by atoms with van der Waals surface area (Å²) in [5.74, 6) is -0.250. The van der Waals surface area contributed by atoms with Crippen LogP contribution in [0.2, 0.25) is 0 Å². The molecule has 1 fully saturated rings. The molecule has 1 aliphatic heterocycles.